The molecule has 1 aromatic heterocycles. The van der Waals surface area contributed by atoms with Gasteiger partial charge in [-0.25, -0.2) is 4.98 Å². The van der Waals surface area contributed by atoms with Crippen molar-refractivity contribution < 1.29 is 4.79 Å². The largest absolute Gasteiger partial charge is 0.375 e. The summed E-state index contributed by atoms with van der Waals surface area (Å²) in [7, 11) is 0. The molecule has 0 radical (unpaired) electrons. The Morgan fingerprint density at radius 2 is 2.07 bits per heavy atom. The van der Waals surface area contributed by atoms with Crippen LogP contribution in [0, 0.1) is 12.8 Å². The molecule has 4 nitrogen and oxygen atoms in total. The fraction of sp³-hybridized carbons (Fsp3) is 0.600. The first-order valence-electron chi connectivity index (χ1n) is 4.95. The van der Waals surface area contributed by atoms with Gasteiger partial charge in [0.25, 0.3) is 5.91 Å². The minimum absolute atomic E-state index is 0.0806. The fourth-order valence-corrected chi connectivity index (χ4v) is 1.80. The van der Waals surface area contributed by atoms with E-state index in [-0.39, 0.29) is 11.9 Å². The second-order valence-electron chi connectivity index (χ2n) is 3.97. The lowest BCUT2D eigenvalue weighted by Gasteiger charge is -2.16. The predicted octanol–water partition coefficient (Wildman–Crippen LogP) is 1.81. The number of hydrogen-bond acceptors (Lipinski definition) is 4. The number of anilines is 1. The van der Waals surface area contributed by atoms with Gasteiger partial charge in [0.1, 0.15) is 4.88 Å². The van der Waals surface area contributed by atoms with Crippen LogP contribution in [0.5, 0.6) is 0 Å². The molecule has 0 fully saturated rings. The highest BCUT2D eigenvalue weighted by molar-refractivity contribution is 7.17. The average Bonchev–Trinajstić information content (AvgIpc) is 2.44. The molecule has 0 aliphatic heterocycles. The van der Waals surface area contributed by atoms with Crippen LogP contribution in [0.4, 0.5) is 5.13 Å². The van der Waals surface area contributed by atoms with Crippen LogP contribution in [0.15, 0.2) is 0 Å². The standard InChI is InChI=1S/C10H17N3OS/c1-5(2)6(3)12-9(14)8-7(4)13-10(11)15-8/h5-6H,1-4H3,(H2,11,13)(H,12,14). The van der Waals surface area contributed by atoms with Gasteiger partial charge in [-0.15, -0.1) is 0 Å². The first-order valence-corrected chi connectivity index (χ1v) is 5.77. The maximum Gasteiger partial charge on any atom is 0.263 e. The van der Waals surface area contributed by atoms with Crippen LogP contribution in [0.2, 0.25) is 0 Å². The highest BCUT2D eigenvalue weighted by atomic mass is 32.1. The fourth-order valence-electron chi connectivity index (χ4n) is 1.07. The summed E-state index contributed by atoms with van der Waals surface area (Å²) in [5, 5.41) is 3.37. The third kappa shape index (κ3) is 2.92. The molecule has 1 rings (SSSR count). The summed E-state index contributed by atoms with van der Waals surface area (Å²) < 4.78 is 0. The Labute approximate surface area is 93.9 Å². The zero-order valence-corrected chi connectivity index (χ0v) is 10.3. The second kappa shape index (κ2) is 4.61. The van der Waals surface area contributed by atoms with Gasteiger partial charge >= 0.3 is 0 Å². The highest BCUT2D eigenvalue weighted by Crippen LogP contribution is 2.19. The smallest absolute Gasteiger partial charge is 0.263 e. The van der Waals surface area contributed by atoms with Gasteiger partial charge in [-0.05, 0) is 19.8 Å². The van der Waals surface area contributed by atoms with E-state index in [0.29, 0.717) is 21.6 Å². The van der Waals surface area contributed by atoms with Crippen LogP contribution in [0.1, 0.15) is 36.1 Å². The SMILES string of the molecule is Cc1nc(N)sc1C(=O)NC(C)C(C)C. The Bertz CT molecular complexity index is 360. The second-order valence-corrected chi connectivity index (χ2v) is 5.00. The number of amides is 1. The normalized spacial score (nSPS) is 12.9. The summed E-state index contributed by atoms with van der Waals surface area (Å²) >= 11 is 1.23. The molecule has 84 valence electrons. The molecule has 0 aliphatic carbocycles. The Kier molecular flexibility index (Phi) is 3.68. The Morgan fingerprint density at radius 3 is 2.47 bits per heavy atom. The Morgan fingerprint density at radius 1 is 1.47 bits per heavy atom. The van der Waals surface area contributed by atoms with Crippen LogP contribution in [-0.2, 0) is 0 Å². The van der Waals surface area contributed by atoms with Gasteiger partial charge in [0, 0.05) is 6.04 Å². The number of nitrogens with two attached hydrogens (primary N) is 1. The molecule has 1 unspecified atom stereocenters. The van der Waals surface area contributed by atoms with Crippen molar-refractivity contribution in [2.75, 3.05) is 5.73 Å². The number of aryl methyl sites for hydroxylation is 1. The summed E-state index contributed by atoms with van der Waals surface area (Å²) in [5.74, 6) is 0.336. The van der Waals surface area contributed by atoms with Gasteiger partial charge in [-0.3, -0.25) is 4.79 Å². The predicted molar refractivity (Wildman–Crippen MR) is 63.0 cm³/mol. The zero-order valence-electron chi connectivity index (χ0n) is 9.50. The van der Waals surface area contributed by atoms with Crippen molar-refractivity contribution in [2.24, 2.45) is 5.92 Å². The lowest BCUT2D eigenvalue weighted by molar-refractivity contribution is 0.0934. The molecule has 1 aromatic rings. The van der Waals surface area contributed by atoms with Gasteiger partial charge in [0.15, 0.2) is 5.13 Å². The summed E-state index contributed by atoms with van der Waals surface area (Å²) in [6, 6.07) is 0.153. The molecule has 1 heterocycles. The first-order chi connectivity index (χ1) is 6.91. The van der Waals surface area contributed by atoms with Crippen molar-refractivity contribution >= 4 is 22.4 Å². The minimum atomic E-state index is -0.0806. The number of hydrogen-bond donors (Lipinski definition) is 2. The van der Waals surface area contributed by atoms with Crippen LogP contribution >= 0.6 is 11.3 Å². The lowest BCUT2D eigenvalue weighted by Crippen LogP contribution is -2.35. The summed E-state index contributed by atoms with van der Waals surface area (Å²) in [5.41, 5.74) is 6.24. The molecule has 0 spiro atoms. The van der Waals surface area contributed by atoms with Crippen molar-refractivity contribution in [2.45, 2.75) is 33.7 Å². The number of carbonyl (C=O) groups is 1. The first kappa shape index (κ1) is 12.0. The number of nitrogen functional groups attached to an aromatic ring is 1. The molecular formula is C10H17N3OS. The van der Waals surface area contributed by atoms with E-state index < -0.39 is 0 Å². The van der Waals surface area contributed by atoms with E-state index in [1.54, 1.807) is 6.92 Å². The molecule has 0 bridgehead atoms. The summed E-state index contributed by atoms with van der Waals surface area (Å²) in [4.78, 5) is 16.4. The van der Waals surface area contributed by atoms with Crippen LogP contribution < -0.4 is 11.1 Å². The van der Waals surface area contributed by atoms with Gasteiger partial charge in [-0.1, -0.05) is 25.2 Å². The van der Waals surface area contributed by atoms with Crippen molar-refractivity contribution in [1.29, 1.82) is 0 Å². The minimum Gasteiger partial charge on any atom is -0.375 e. The molecule has 5 heteroatoms. The monoisotopic (exact) mass is 227 g/mol. The highest BCUT2D eigenvalue weighted by Gasteiger charge is 2.17. The van der Waals surface area contributed by atoms with E-state index in [9.17, 15) is 4.79 Å². The van der Waals surface area contributed by atoms with Crippen LogP contribution in [0.25, 0.3) is 0 Å². The third-order valence-electron chi connectivity index (χ3n) is 2.38. The van der Waals surface area contributed by atoms with E-state index in [1.807, 2.05) is 6.92 Å². The average molecular weight is 227 g/mol. The topological polar surface area (TPSA) is 68.0 Å². The summed E-state index contributed by atoms with van der Waals surface area (Å²) in [6.07, 6.45) is 0. The maximum absolute atomic E-state index is 11.8. The molecule has 0 aliphatic rings. The quantitative estimate of drug-likeness (QED) is 0.827. The van der Waals surface area contributed by atoms with Crippen molar-refractivity contribution in [3.05, 3.63) is 10.6 Å². The Hall–Kier alpha value is -1.10. The summed E-state index contributed by atoms with van der Waals surface area (Å²) in [6.45, 7) is 7.92. The zero-order chi connectivity index (χ0) is 11.6. The molecule has 0 saturated heterocycles. The van der Waals surface area contributed by atoms with E-state index in [0.717, 1.165) is 0 Å². The third-order valence-corrected chi connectivity index (χ3v) is 3.36. The van der Waals surface area contributed by atoms with Crippen molar-refractivity contribution in [1.82, 2.24) is 10.3 Å². The molecule has 15 heavy (non-hydrogen) atoms. The van der Waals surface area contributed by atoms with E-state index in [1.165, 1.54) is 11.3 Å². The number of aromatic nitrogens is 1. The van der Waals surface area contributed by atoms with Crippen molar-refractivity contribution in [3.63, 3.8) is 0 Å². The molecule has 0 saturated carbocycles. The van der Waals surface area contributed by atoms with Gasteiger partial charge in [0.2, 0.25) is 0 Å². The van der Waals surface area contributed by atoms with Gasteiger partial charge in [0.05, 0.1) is 5.69 Å². The number of nitrogens with one attached hydrogen (secondary N) is 1. The Balaban J connectivity index is 2.73. The molecule has 3 N–H and O–H groups in total. The van der Waals surface area contributed by atoms with Crippen molar-refractivity contribution in [3.8, 4) is 0 Å². The molecule has 1 atom stereocenters. The molecule has 0 aromatic carbocycles. The maximum atomic E-state index is 11.8. The number of thiazole rings is 1. The molecule has 1 amide bonds. The van der Waals surface area contributed by atoms with Crippen LogP contribution in [0.3, 0.4) is 0 Å². The van der Waals surface area contributed by atoms with E-state index in [2.05, 4.69) is 24.1 Å². The van der Waals surface area contributed by atoms with E-state index in [4.69, 9.17) is 5.73 Å². The van der Waals surface area contributed by atoms with Gasteiger partial charge in [-0.2, -0.15) is 0 Å². The van der Waals surface area contributed by atoms with E-state index >= 15 is 0 Å². The lowest BCUT2D eigenvalue weighted by atomic mass is 10.1. The van der Waals surface area contributed by atoms with Gasteiger partial charge < -0.3 is 11.1 Å². The number of nitrogens with zero attached hydrogens (tertiary/aromatic N) is 1. The van der Waals surface area contributed by atoms with Crippen LogP contribution in [-0.4, -0.2) is 16.9 Å². The number of carbonyl (C=O) groups excluding carboxylic acids is 1. The molecular weight excluding hydrogens is 210 g/mol. The number of rotatable bonds is 3.